The van der Waals surface area contributed by atoms with Crippen LogP contribution in [-0.4, -0.2) is 15.0 Å². The molecule has 0 amide bonds. The Morgan fingerprint density at radius 3 is 2.62 bits per heavy atom. The van der Waals surface area contributed by atoms with Crippen LogP contribution >= 0.6 is 0 Å². The molecule has 2 aromatic heterocycles. The number of nitrogens with two attached hydrogens (primary N) is 2. The molecule has 16 heavy (non-hydrogen) atoms. The van der Waals surface area contributed by atoms with Crippen LogP contribution < -0.4 is 16.8 Å². The van der Waals surface area contributed by atoms with Gasteiger partial charge in [0.1, 0.15) is 11.6 Å². The Morgan fingerprint density at radius 1 is 1.12 bits per heavy atom. The van der Waals surface area contributed by atoms with Gasteiger partial charge in [-0.25, -0.2) is 0 Å². The molecular formula is C10H12N6. The summed E-state index contributed by atoms with van der Waals surface area (Å²) in [6, 6.07) is 3.56. The highest BCUT2D eigenvalue weighted by molar-refractivity contribution is 5.59. The zero-order valence-corrected chi connectivity index (χ0v) is 8.81. The van der Waals surface area contributed by atoms with Gasteiger partial charge in [-0.1, -0.05) is 0 Å². The Kier molecular flexibility index (Phi) is 2.55. The third kappa shape index (κ3) is 2.35. The summed E-state index contributed by atoms with van der Waals surface area (Å²) in [5.74, 6) is 1.02. The lowest BCUT2D eigenvalue weighted by Crippen LogP contribution is -2.03. The van der Waals surface area contributed by atoms with Crippen LogP contribution in [0.5, 0.6) is 0 Å². The molecular weight excluding hydrogens is 204 g/mol. The lowest BCUT2D eigenvalue weighted by molar-refractivity contribution is 1.18. The summed E-state index contributed by atoms with van der Waals surface area (Å²) in [5, 5.41) is 3.05. The minimum absolute atomic E-state index is 0.142. The van der Waals surface area contributed by atoms with Crippen LogP contribution in [0.3, 0.4) is 0 Å². The quantitative estimate of drug-likeness (QED) is 0.694. The van der Waals surface area contributed by atoms with Crippen LogP contribution in [0.25, 0.3) is 0 Å². The number of anilines is 4. The van der Waals surface area contributed by atoms with Crippen molar-refractivity contribution >= 4 is 23.3 Å². The fourth-order valence-electron chi connectivity index (χ4n) is 1.32. The molecule has 2 rings (SSSR count). The number of nitrogens with zero attached hydrogens (tertiary/aromatic N) is 3. The van der Waals surface area contributed by atoms with Crippen LogP contribution in [0.1, 0.15) is 5.56 Å². The van der Waals surface area contributed by atoms with E-state index >= 15 is 0 Å². The van der Waals surface area contributed by atoms with Gasteiger partial charge in [0.25, 0.3) is 0 Å². The fourth-order valence-corrected chi connectivity index (χ4v) is 1.32. The molecule has 0 unspecified atom stereocenters. The van der Waals surface area contributed by atoms with E-state index in [1.54, 1.807) is 18.5 Å². The number of aromatic nitrogens is 3. The van der Waals surface area contributed by atoms with E-state index < -0.39 is 0 Å². The first kappa shape index (κ1) is 10.2. The molecule has 6 nitrogen and oxygen atoms in total. The summed E-state index contributed by atoms with van der Waals surface area (Å²) in [6.07, 6.45) is 3.47. The molecule has 0 radical (unpaired) electrons. The molecule has 0 aliphatic heterocycles. The average Bonchev–Trinajstić information content (AvgIpc) is 2.15. The second-order valence-corrected chi connectivity index (χ2v) is 3.41. The molecule has 0 saturated carbocycles. The Balaban J connectivity index is 2.27. The normalized spacial score (nSPS) is 10.1. The van der Waals surface area contributed by atoms with Gasteiger partial charge in [0.15, 0.2) is 0 Å². The minimum Gasteiger partial charge on any atom is -0.383 e. The Morgan fingerprint density at radius 2 is 1.94 bits per heavy atom. The Bertz CT molecular complexity index is 490. The zero-order valence-electron chi connectivity index (χ0n) is 8.81. The number of aryl methyl sites for hydroxylation is 1. The van der Waals surface area contributed by atoms with Crippen LogP contribution in [-0.2, 0) is 0 Å². The van der Waals surface area contributed by atoms with Crippen LogP contribution in [0, 0.1) is 6.92 Å². The fraction of sp³-hybridized carbons (Fsp3) is 0.100. The van der Waals surface area contributed by atoms with E-state index in [1.165, 1.54) is 0 Å². The first-order valence-corrected chi connectivity index (χ1v) is 4.72. The maximum Gasteiger partial charge on any atom is 0.223 e. The van der Waals surface area contributed by atoms with Crippen LogP contribution in [0.4, 0.5) is 23.3 Å². The number of hydrogen-bond acceptors (Lipinski definition) is 6. The molecule has 82 valence electrons. The molecule has 0 bridgehead atoms. The summed E-state index contributed by atoms with van der Waals surface area (Å²) in [4.78, 5) is 11.8. The van der Waals surface area contributed by atoms with Gasteiger partial charge in [-0.15, -0.1) is 0 Å². The minimum atomic E-state index is 0.142. The topological polar surface area (TPSA) is 103 Å². The molecule has 2 aromatic rings. The van der Waals surface area contributed by atoms with Crippen LogP contribution in [0.15, 0.2) is 24.5 Å². The monoisotopic (exact) mass is 216 g/mol. The molecule has 0 saturated heterocycles. The van der Waals surface area contributed by atoms with Crippen LogP contribution in [0.2, 0.25) is 0 Å². The van der Waals surface area contributed by atoms with Gasteiger partial charge in [-0.2, -0.15) is 9.97 Å². The van der Waals surface area contributed by atoms with Crippen molar-refractivity contribution in [2.45, 2.75) is 6.92 Å². The summed E-state index contributed by atoms with van der Waals surface area (Å²) >= 11 is 0. The number of nitrogen functional groups attached to an aromatic ring is 2. The highest BCUT2D eigenvalue weighted by Crippen LogP contribution is 2.16. The standard InChI is InChI=1S/C10H12N6/c1-6-2-7(5-13-4-6)14-9-3-8(11)15-10(12)16-9/h2-5H,1H3,(H5,11,12,14,15,16). The third-order valence-corrected chi connectivity index (χ3v) is 1.91. The lowest BCUT2D eigenvalue weighted by atomic mass is 10.3. The zero-order chi connectivity index (χ0) is 11.5. The molecule has 0 fully saturated rings. The van der Waals surface area contributed by atoms with E-state index in [1.807, 2.05) is 13.0 Å². The Hall–Kier alpha value is -2.37. The molecule has 0 aliphatic carbocycles. The van der Waals surface area contributed by atoms with E-state index in [4.69, 9.17) is 11.5 Å². The third-order valence-electron chi connectivity index (χ3n) is 1.91. The number of nitrogens with one attached hydrogen (secondary N) is 1. The van der Waals surface area contributed by atoms with Crippen molar-refractivity contribution < 1.29 is 0 Å². The largest absolute Gasteiger partial charge is 0.383 e. The average molecular weight is 216 g/mol. The van der Waals surface area contributed by atoms with Gasteiger partial charge in [-0.05, 0) is 18.6 Å². The highest BCUT2D eigenvalue weighted by atomic mass is 15.1. The Labute approximate surface area is 92.7 Å². The van der Waals surface area contributed by atoms with Gasteiger partial charge >= 0.3 is 0 Å². The van der Waals surface area contributed by atoms with Crippen molar-refractivity contribution in [2.75, 3.05) is 16.8 Å². The van der Waals surface area contributed by atoms with Crippen molar-refractivity contribution in [1.82, 2.24) is 15.0 Å². The van der Waals surface area contributed by atoms with Crippen molar-refractivity contribution in [2.24, 2.45) is 0 Å². The van der Waals surface area contributed by atoms with Gasteiger partial charge in [0.05, 0.1) is 11.9 Å². The molecule has 2 heterocycles. The van der Waals surface area contributed by atoms with E-state index in [9.17, 15) is 0 Å². The highest BCUT2D eigenvalue weighted by Gasteiger charge is 2.00. The molecule has 0 aliphatic rings. The molecule has 0 spiro atoms. The van der Waals surface area contributed by atoms with Crippen molar-refractivity contribution in [1.29, 1.82) is 0 Å². The first-order valence-electron chi connectivity index (χ1n) is 4.72. The predicted molar refractivity (Wildman–Crippen MR) is 63.1 cm³/mol. The van der Waals surface area contributed by atoms with E-state index in [2.05, 4.69) is 20.3 Å². The van der Waals surface area contributed by atoms with Crippen molar-refractivity contribution in [3.8, 4) is 0 Å². The number of pyridine rings is 1. The summed E-state index contributed by atoms with van der Waals surface area (Å²) in [6.45, 7) is 1.96. The molecule has 6 heteroatoms. The van der Waals surface area contributed by atoms with Gasteiger partial charge in [0.2, 0.25) is 5.95 Å². The SMILES string of the molecule is Cc1cncc(Nc2cc(N)nc(N)n2)c1. The first-order chi connectivity index (χ1) is 7.63. The predicted octanol–water partition coefficient (Wildman–Crippen LogP) is 1.09. The smallest absolute Gasteiger partial charge is 0.223 e. The maximum absolute atomic E-state index is 5.56. The number of rotatable bonds is 2. The summed E-state index contributed by atoms with van der Waals surface area (Å²) in [5.41, 5.74) is 12.9. The van der Waals surface area contributed by atoms with Gasteiger partial charge in [0, 0.05) is 12.3 Å². The second-order valence-electron chi connectivity index (χ2n) is 3.41. The second kappa shape index (κ2) is 4.01. The molecule has 0 aromatic carbocycles. The lowest BCUT2D eigenvalue weighted by Gasteiger charge is -2.06. The molecule has 5 N–H and O–H groups in total. The summed E-state index contributed by atoms with van der Waals surface area (Å²) < 4.78 is 0. The molecule has 0 atom stereocenters. The van der Waals surface area contributed by atoms with E-state index in [0.717, 1.165) is 11.3 Å². The van der Waals surface area contributed by atoms with E-state index in [-0.39, 0.29) is 5.95 Å². The van der Waals surface area contributed by atoms with Gasteiger partial charge in [-0.3, -0.25) is 4.98 Å². The van der Waals surface area contributed by atoms with Crippen molar-refractivity contribution in [3.05, 3.63) is 30.1 Å². The summed E-state index contributed by atoms with van der Waals surface area (Å²) in [7, 11) is 0. The van der Waals surface area contributed by atoms with Gasteiger partial charge < -0.3 is 16.8 Å². The number of hydrogen-bond donors (Lipinski definition) is 3. The van der Waals surface area contributed by atoms with Crippen molar-refractivity contribution in [3.63, 3.8) is 0 Å². The van der Waals surface area contributed by atoms with E-state index in [0.29, 0.717) is 11.6 Å². The maximum atomic E-state index is 5.56.